The van der Waals surface area contributed by atoms with Gasteiger partial charge in [-0.2, -0.15) is 0 Å². The Morgan fingerprint density at radius 3 is 2.41 bits per heavy atom. The predicted octanol–water partition coefficient (Wildman–Crippen LogP) is 5.00. The molecule has 3 rings (SSSR count). The second-order valence-electron chi connectivity index (χ2n) is 6.87. The highest BCUT2D eigenvalue weighted by Gasteiger charge is 2.16. The van der Waals surface area contributed by atoms with E-state index in [-0.39, 0.29) is 0 Å². The summed E-state index contributed by atoms with van der Waals surface area (Å²) in [5, 5.41) is 6.70. The number of carbonyl (C=O) groups is 1. The van der Waals surface area contributed by atoms with Gasteiger partial charge in [-0.15, -0.1) is 11.3 Å². The van der Waals surface area contributed by atoms with E-state index in [2.05, 4.69) is 25.6 Å². The van der Waals surface area contributed by atoms with Crippen molar-refractivity contribution in [2.75, 3.05) is 10.6 Å². The average molecular weight is 383 g/mol. The summed E-state index contributed by atoms with van der Waals surface area (Å²) in [6, 6.07) is 9.05. The Labute approximate surface area is 161 Å². The van der Waals surface area contributed by atoms with E-state index in [0.717, 1.165) is 21.3 Å². The van der Waals surface area contributed by atoms with Crippen molar-refractivity contribution in [1.82, 2.24) is 15.0 Å². The number of carbonyl (C=O) groups excluding carboxylic acids is 1. The van der Waals surface area contributed by atoms with E-state index in [0.29, 0.717) is 11.6 Å². The van der Waals surface area contributed by atoms with Crippen LogP contribution in [0.5, 0.6) is 0 Å². The number of rotatable bonds is 4. The molecule has 2 heterocycles. The second kappa shape index (κ2) is 7.71. The van der Waals surface area contributed by atoms with Gasteiger partial charge >= 0.3 is 6.09 Å². The molecule has 0 spiro atoms. The fraction of sp³-hybridized carbons (Fsp3) is 0.263. The molecule has 0 saturated carbocycles. The first-order valence-electron chi connectivity index (χ1n) is 8.41. The van der Waals surface area contributed by atoms with E-state index in [9.17, 15) is 4.79 Å². The van der Waals surface area contributed by atoms with Gasteiger partial charge in [0.15, 0.2) is 0 Å². The molecule has 1 aromatic carbocycles. The number of ether oxygens (including phenoxy) is 1. The zero-order valence-corrected chi connectivity index (χ0v) is 16.4. The average Bonchev–Trinajstić information content (AvgIpc) is 3.02. The zero-order valence-electron chi connectivity index (χ0n) is 15.6. The van der Waals surface area contributed by atoms with E-state index in [4.69, 9.17) is 4.74 Å². The zero-order chi connectivity index (χ0) is 19.4. The number of thiazole rings is 1. The van der Waals surface area contributed by atoms with Crippen LogP contribution in [0.4, 0.5) is 22.1 Å². The van der Waals surface area contributed by atoms with Gasteiger partial charge in [-0.25, -0.2) is 19.7 Å². The molecule has 0 unspecified atom stereocenters. The lowest BCUT2D eigenvalue weighted by Crippen LogP contribution is -2.27. The van der Waals surface area contributed by atoms with Crippen molar-refractivity contribution in [2.24, 2.45) is 0 Å². The highest BCUT2D eigenvalue weighted by Crippen LogP contribution is 2.24. The summed E-state index contributed by atoms with van der Waals surface area (Å²) in [5.74, 6) is 0.480. The number of hydrogen-bond donors (Lipinski definition) is 2. The highest BCUT2D eigenvalue weighted by atomic mass is 32.1. The van der Waals surface area contributed by atoms with E-state index >= 15 is 0 Å². The van der Waals surface area contributed by atoms with Crippen LogP contribution in [0.15, 0.2) is 42.7 Å². The first-order valence-corrected chi connectivity index (χ1v) is 9.23. The first kappa shape index (κ1) is 18.8. The summed E-state index contributed by atoms with van der Waals surface area (Å²) in [7, 11) is 0. The quantitative estimate of drug-likeness (QED) is 0.659. The molecule has 8 heteroatoms. The van der Waals surface area contributed by atoms with Gasteiger partial charge in [0.05, 0.1) is 0 Å². The second-order valence-corrected chi connectivity index (χ2v) is 8.11. The standard InChI is InChI=1S/C19H21N5O2S/c1-12-11-21-16(27-12)15-9-10-20-17(24-15)22-13-5-7-14(8-6-13)23-18(25)26-19(2,3)4/h5-11H,1-4H3,(H,23,25)(H,20,22,24). The van der Waals surface area contributed by atoms with Gasteiger partial charge in [0.2, 0.25) is 5.95 Å². The monoisotopic (exact) mass is 383 g/mol. The number of aromatic nitrogens is 3. The molecule has 0 aliphatic rings. The third-order valence-electron chi connectivity index (χ3n) is 3.28. The number of hydrogen-bond acceptors (Lipinski definition) is 7. The summed E-state index contributed by atoms with van der Waals surface area (Å²) >= 11 is 1.59. The predicted molar refractivity (Wildman–Crippen MR) is 107 cm³/mol. The molecule has 7 nitrogen and oxygen atoms in total. The fourth-order valence-electron chi connectivity index (χ4n) is 2.20. The highest BCUT2D eigenvalue weighted by molar-refractivity contribution is 7.14. The van der Waals surface area contributed by atoms with Crippen molar-refractivity contribution in [1.29, 1.82) is 0 Å². The van der Waals surface area contributed by atoms with Crippen molar-refractivity contribution in [2.45, 2.75) is 33.3 Å². The van der Waals surface area contributed by atoms with Crippen molar-refractivity contribution in [3.8, 4) is 10.7 Å². The number of amides is 1. The minimum atomic E-state index is -0.538. The fourth-order valence-corrected chi connectivity index (χ4v) is 2.93. The van der Waals surface area contributed by atoms with Crippen LogP contribution in [-0.2, 0) is 4.74 Å². The molecule has 2 N–H and O–H groups in total. The normalized spacial score (nSPS) is 11.1. The van der Waals surface area contributed by atoms with E-state index in [1.165, 1.54) is 0 Å². The first-order chi connectivity index (χ1) is 12.8. The molecule has 0 atom stereocenters. The van der Waals surface area contributed by atoms with Crippen LogP contribution < -0.4 is 10.6 Å². The topological polar surface area (TPSA) is 89.0 Å². The Balaban J connectivity index is 1.66. The van der Waals surface area contributed by atoms with Gasteiger partial charge in [-0.05, 0) is 58.0 Å². The maximum absolute atomic E-state index is 11.8. The molecule has 0 aliphatic heterocycles. The summed E-state index contributed by atoms with van der Waals surface area (Å²) in [6.07, 6.45) is 3.03. The molecule has 3 aromatic rings. The van der Waals surface area contributed by atoms with Crippen LogP contribution >= 0.6 is 11.3 Å². The number of anilines is 3. The molecule has 2 aromatic heterocycles. The van der Waals surface area contributed by atoms with Gasteiger partial charge in [-0.1, -0.05) is 0 Å². The van der Waals surface area contributed by atoms with Crippen LogP contribution in [-0.4, -0.2) is 26.6 Å². The molecule has 140 valence electrons. The molecule has 0 radical (unpaired) electrons. The Bertz CT molecular complexity index is 932. The van der Waals surface area contributed by atoms with Crippen LogP contribution in [0.25, 0.3) is 10.7 Å². The number of nitrogens with zero attached hydrogens (tertiary/aromatic N) is 3. The van der Waals surface area contributed by atoms with Gasteiger partial charge in [-0.3, -0.25) is 5.32 Å². The molecular formula is C19H21N5O2S. The maximum atomic E-state index is 11.8. The Morgan fingerprint density at radius 1 is 1.07 bits per heavy atom. The molecule has 0 fully saturated rings. The number of aryl methyl sites for hydroxylation is 1. The lowest BCUT2D eigenvalue weighted by atomic mass is 10.2. The largest absolute Gasteiger partial charge is 0.444 e. The summed E-state index contributed by atoms with van der Waals surface area (Å²) in [6.45, 7) is 7.47. The summed E-state index contributed by atoms with van der Waals surface area (Å²) in [5.41, 5.74) is 1.68. The van der Waals surface area contributed by atoms with Gasteiger partial charge in [0, 0.05) is 28.6 Å². The Hall–Kier alpha value is -3.00. The minimum absolute atomic E-state index is 0.480. The van der Waals surface area contributed by atoms with Crippen LogP contribution in [0.1, 0.15) is 25.6 Å². The van der Waals surface area contributed by atoms with Gasteiger partial charge in [0.25, 0.3) is 0 Å². The number of benzene rings is 1. The van der Waals surface area contributed by atoms with E-state index in [1.807, 2.05) is 52.1 Å². The molecule has 0 aliphatic carbocycles. The molecule has 0 bridgehead atoms. The Kier molecular flexibility index (Phi) is 5.36. The van der Waals surface area contributed by atoms with Crippen molar-refractivity contribution in [3.05, 3.63) is 47.6 Å². The number of nitrogens with one attached hydrogen (secondary N) is 2. The van der Waals surface area contributed by atoms with Gasteiger partial charge in [0.1, 0.15) is 16.3 Å². The van der Waals surface area contributed by atoms with E-state index in [1.54, 1.807) is 29.7 Å². The SMILES string of the molecule is Cc1cnc(-c2ccnc(Nc3ccc(NC(=O)OC(C)(C)C)cc3)n2)s1. The lowest BCUT2D eigenvalue weighted by Gasteiger charge is -2.19. The lowest BCUT2D eigenvalue weighted by molar-refractivity contribution is 0.0636. The van der Waals surface area contributed by atoms with Crippen molar-refractivity contribution in [3.63, 3.8) is 0 Å². The summed E-state index contributed by atoms with van der Waals surface area (Å²) in [4.78, 5) is 26.0. The van der Waals surface area contributed by atoms with Gasteiger partial charge < -0.3 is 10.1 Å². The summed E-state index contributed by atoms with van der Waals surface area (Å²) < 4.78 is 5.23. The molecule has 1 amide bonds. The van der Waals surface area contributed by atoms with Crippen LogP contribution in [0, 0.1) is 6.92 Å². The van der Waals surface area contributed by atoms with Crippen LogP contribution in [0.2, 0.25) is 0 Å². The minimum Gasteiger partial charge on any atom is -0.444 e. The molecular weight excluding hydrogens is 362 g/mol. The smallest absolute Gasteiger partial charge is 0.412 e. The van der Waals surface area contributed by atoms with E-state index < -0.39 is 11.7 Å². The molecule has 27 heavy (non-hydrogen) atoms. The Morgan fingerprint density at radius 2 is 1.78 bits per heavy atom. The van der Waals surface area contributed by atoms with Crippen LogP contribution in [0.3, 0.4) is 0 Å². The third-order valence-corrected chi connectivity index (χ3v) is 4.22. The van der Waals surface area contributed by atoms with Crippen molar-refractivity contribution < 1.29 is 9.53 Å². The third kappa shape index (κ3) is 5.49. The molecule has 0 saturated heterocycles. The maximum Gasteiger partial charge on any atom is 0.412 e. The van der Waals surface area contributed by atoms with Crippen molar-refractivity contribution >= 4 is 34.8 Å².